The van der Waals surface area contributed by atoms with E-state index in [2.05, 4.69) is 29.6 Å². The Kier molecular flexibility index (Phi) is 12.9. The standard InChI is InChI=1S/C13H22N4O3.C3H8/c1-2-15-9-12(18)11-7-10(20-17-11)8-16-13(19)5-3-4-6-14;1-3-2/h7,15H,2-6,8-9,14H2,1H3,(H,16,19);3H2,1-2H3. The topological polar surface area (TPSA) is 110 Å². The zero-order chi connectivity index (χ0) is 17.5. The first-order valence-electron chi connectivity index (χ1n) is 8.25. The van der Waals surface area contributed by atoms with Gasteiger partial charge in [0.15, 0.2) is 17.2 Å². The van der Waals surface area contributed by atoms with Crippen LogP contribution in [0.15, 0.2) is 10.6 Å². The minimum atomic E-state index is -0.129. The van der Waals surface area contributed by atoms with Gasteiger partial charge in [-0.2, -0.15) is 0 Å². The number of amides is 1. The van der Waals surface area contributed by atoms with Gasteiger partial charge in [0.2, 0.25) is 5.91 Å². The molecule has 0 aliphatic rings. The van der Waals surface area contributed by atoms with Crippen molar-refractivity contribution in [1.82, 2.24) is 15.8 Å². The van der Waals surface area contributed by atoms with Gasteiger partial charge < -0.3 is 20.9 Å². The second-order valence-electron chi connectivity index (χ2n) is 5.11. The van der Waals surface area contributed by atoms with E-state index in [0.29, 0.717) is 18.7 Å². The molecule has 0 unspecified atom stereocenters. The van der Waals surface area contributed by atoms with Crippen LogP contribution in [0.4, 0.5) is 0 Å². The number of likely N-dealkylation sites (N-methyl/N-ethyl adjacent to an activating group) is 1. The van der Waals surface area contributed by atoms with Gasteiger partial charge in [-0.1, -0.05) is 32.3 Å². The maximum absolute atomic E-state index is 11.6. The largest absolute Gasteiger partial charge is 0.359 e. The molecule has 1 heterocycles. The lowest BCUT2D eigenvalue weighted by Gasteiger charge is -2.01. The van der Waals surface area contributed by atoms with Gasteiger partial charge in [0.05, 0.1) is 13.1 Å². The smallest absolute Gasteiger partial charge is 0.220 e. The van der Waals surface area contributed by atoms with Crippen molar-refractivity contribution in [3.05, 3.63) is 17.5 Å². The van der Waals surface area contributed by atoms with Crippen molar-refractivity contribution in [1.29, 1.82) is 0 Å². The van der Waals surface area contributed by atoms with Gasteiger partial charge in [-0.05, 0) is 25.9 Å². The molecule has 0 aromatic carbocycles. The predicted octanol–water partition coefficient (Wildman–Crippen LogP) is 1.63. The third-order valence-corrected chi connectivity index (χ3v) is 2.70. The van der Waals surface area contributed by atoms with Crippen LogP contribution >= 0.6 is 0 Å². The number of Topliss-reactive ketones (excluding diaryl/α,β-unsaturated/α-hetero) is 1. The van der Waals surface area contributed by atoms with Gasteiger partial charge in [0.1, 0.15) is 0 Å². The van der Waals surface area contributed by atoms with Crippen LogP contribution in [-0.2, 0) is 11.3 Å². The van der Waals surface area contributed by atoms with Crippen LogP contribution < -0.4 is 16.4 Å². The lowest BCUT2D eigenvalue weighted by molar-refractivity contribution is -0.121. The minimum Gasteiger partial charge on any atom is -0.359 e. The third kappa shape index (κ3) is 10.6. The average molecular weight is 326 g/mol. The van der Waals surface area contributed by atoms with Crippen LogP contribution in [0.1, 0.15) is 62.7 Å². The molecule has 1 rings (SSSR count). The van der Waals surface area contributed by atoms with Crippen molar-refractivity contribution in [2.24, 2.45) is 5.73 Å². The fourth-order valence-corrected chi connectivity index (χ4v) is 1.56. The van der Waals surface area contributed by atoms with Crippen molar-refractivity contribution < 1.29 is 14.1 Å². The Morgan fingerprint density at radius 3 is 2.57 bits per heavy atom. The molecule has 4 N–H and O–H groups in total. The molecule has 0 saturated carbocycles. The highest BCUT2D eigenvalue weighted by molar-refractivity contribution is 5.95. The van der Waals surface area contributed by atoms with Crippen LogP contribution in [0, 0.1) is 0 Å². The number of nitrogens with one attached hydrogen (secondary N) is 2. The van der Waals surface area contributed by atoms with E-state index in [-0.39, 0.29) is 30.5 Å². The SMILES string of the molecule is CCC.CCNCC(=O)c1cc(CNC(=O)CCCCN)on1. The van der Waals surface area contributed by atoms with Crippen LogP contribution in [0.25, 0.3) is 0 Å². The van der Waals surface area contributed by atoms with Crippen molar-refractivity contribution in [3.8, 4) is 0 Å². The van der Waals surface area contributed by atoms with Gasteiger partial charge >= 0.3 is 0 Å². The molecule has 0 radical (unpaired) electrons. The van der Waals surface area contributed by atoms with E-state index in [1.54, 1.807) is 6.07 Å². The molecule has 1 aromatic rings. The summed E-state index contributed by atoms with van der Waals surface area (Å²) in [5.41, 5.74) is 5.63. The summed E-state index contributed by atoms with van der Waals surface area (Å²) in [7, 11) is 0. The zero-order valence-corrected chi connectivity index (χ0v) is 14.5. The number of nitrogens with zero attached hydrogens (tertiary/aromatic N) is 1. The number of ketones is 1. The summed E-state index contributed by atoms with van der Waals surface area (Å²) in [4.78, 5) is 23.1. The van der Waals surface area contributed by atoms with Gasteiger partial charge in [-0.15, -0.1) is 0 Å². The molecule has 23 heavy (non-hydrogen) atoms. The van der Waals surface area contributed by atoms with Crippen LogP contribution in [0.2, 0.25) is 0 Å². The summed E-state index contributed by atoms with van der Waals surface area (Å²) >= 11 is 0. The van der Waals surface area contributed by atoms with Gasteiger partial charge in [0, 0.05) is 12.5 Å². The van der Waals surface area contributed by atoms with E-state index in [1.165, 1.54) is 6.42 Å². The Morgan fingerprint density at radius 2 is 1.96 bits per heavy atom. The summed E-state index contributed by atoms with van der Waals surface area (Å²) in [6.07, 6.45) is 3.29. The Labute approximate surface area is 138 Å². The molecule has 7 heteroatoms. The summed E-state index contributed by atoms with van der Waals surface area (Å²) in [6, 6.07) is 1.56. The first kappa shape index (κ1) is 21.3. The number of unbranched alkanes of at least 4 members (excludes halogenated alkanes) is 1. The van der Waals surface area contributed by atoms with E-state index in [4.69, 9.17) is 10.3 Å². The molecule has 0 aliphatic heterocycles. The second kappa shape index (κ2) is 13.9. The Hall–Kier alpha value is -1.73. The maximum Gasteiger partial charge on any atom is 0.220 e. The summed E-state index contributed by atoms with van der Waals surface area (Å²) in [6.45, 7) is 7.94. The number of carbonyl (C=O) groups excluding carboxylic acids is 2. The highest BCUT2D eigenvalue weighted by atomic mass is 16.5. The van der Waals surface area contributed by atoms with Crippen LogP contribution in [0.3, 0.4) is 0 Å². The van der Waals surface area contributed by atoms with Crippen molar-refractivity contribution in [2.75, 3.05) is 19.6 Å². The first-order valence-corrected chi connectivity index (χ1v) is 8.25. The van der Waals surface area contributed by atoms with Gasteiger partial charge in [-0.25, -0.2) is 0 Å². The minimum absolute atomic E-state index is 0.0598. The molecule has 0 fully saturated rings. The highest BCUT2D eigenvalue weighted by Crippen LogP contribution is 2.04. The number of hydrogen-bond donors (Lipinski definition) is 3. The molecule has 7 nitrogen and oxygen atoms in total. The molecular weight excluding hydrogens is 296 g/mol. The van der Waals surface area contributed by atoms with Gasteiger partial charge in [0.25, 0.3) is 0 Å². The fraction of sp³-hybridized carbons (Fsp3) is 0.688. The first-order chi connectivity index (χ1) is 11.1. The molecule has 1 amide bonds. The number of aromatic nitrogens is 1. The molecule has 0 bridgehead atoms. The maximum atomic E-state index is 11.6. The van der Waals surface area contributed by atoms with Gasteiger partial charge in [-0.3, -0.25) is 9.59 Å². The average Bonchev–Trinajstić information content (AvgIpc) is 3.01. The van der Waals surface area contributed by atoms with E-state index in [9.17, 15) is 9.59 Å². The zero-order valence-electron chi connectivity index (χ0n) is 14.5. The summed E-state index contributed by atoms with van der Waals surface area (Å²) < 4.78 is 5.01. The molecule has 0 spiro atoms. The number of hydrogen-bond acceptors (Lipinski definition) is 6. The van der Waals surface area contributed by atoms with Crippen molar-refractivity contribution in [3.63, 3.8) is 0 Å². The summed E-state index contributed by atoms with van der Waals surface area (Å²) in [5, 5.41) is 9.33. The van der Waals surface area contributed by atoms with E-state index in [1.807, 2.05) is 6.92 Å². The highest BCUT2D eigenvalue weighted by Gasteiger charge is 2.12. The predicted molar refractivity (Wildman–Crippen MR) is 90.1 cm³/mol. The normalized spacial score (nSPS) is 9.91. The second-order valence-corrected chi connectivity index (χ2v) is 5.11. The Balaban J connectivity index is 0.00000149. The molecule has 0 aliphatic carbocycles. The number of nitrogens with two attached hydrogens (primary N) is 1. The molecule has 0 atom stereocenters. The molecular formula is C16H30N4O3. The lowest BCUT2D eigenvalue weighted by atomic mass is 10.2. The molecule has 132 valence electrons. The number of rotatable bonds is 10. The van der Waals surface area contributed by atoms with Crippen LogP contribution in [-0.4, -0.2) is 36.5 Å². The molecule has 0 saturated heterocycles. The summed E-state index contributed by atoms with van der Waals surface area (Å²) in [5.74, 6) is 0.281. The van der Waals surface area contributed by atoms with E-state index >= 15 is 0 Å². The quantitative estimate of drug-likeness (QED) is 0.445. The van der Waals surface area contributed by atoms with Crippen molar-refractivity contribution >= 4 is 11.7 Å². The molecule has 1 aromatic heterocycles. The van der Waals surface area contributed by atoms with Crippen LogP contribution in [0.5, 0.6) is 0 Å². The Morgan fingerprint density at radius 1 is 1.26 bits per heavy atom. The van der Waals surface area contributed by atoms with Crippen molar-refractivity contribution in [2.45, 2.75) is 53.0 Å². The fourth-order valence-electron chi connectivity index (χ4n) is 1.56. The van der Waals surface area contributed by atoms with E-state index in [0.717, 1.165) is 19.4 Å². The Bertz CT molecular complexity index is 446. The third-order valence-electron chi connectivity index (χ3n) is 2.70. The monoisotopic (exact) mass is 326 g/mol. The lowest BCUT2D eigenvalue weighted by Crippen LogP contribution is -2.23. The number of carbonyl (C=O) groups is 2. The van der Waals surface area contributed by atoms with E-state index < -0.39 is 0 Å².